The van der Waals surface area contributed by atoms with Crippen LogP contribution in [-0.2, 0) is 10.4 Å². The summed E-state index contributed by atoms with van der Waals surface area (Å²) in [6, 6.07) is 14.8. The fourth-order valence-electron chi connectivity index (χ4n) is 2.42. The molecule has 0 atom stereocenters. The van der Waals surface area contributed by atoms with Gasteiger partial charge < -0.3 is 10.2 Å². The van der Waals surface area contributed by atoms with Crippen molar-refractivity contribution in [2.45, 2.75) is 0 Å². The Morgan fingerprint density at radius 2 is 1.64 bits per heavy atom. The monoisotopic (exact) mass is 418 g/mol. The molecule has 0 amide bonds. The highest BCUT2D eigenvalue weighted by atomic mass is 32.3. The van der Waals surface area contributed by atoms with Gasteiger partial charge in [-0.05, 0) is 30.3 Å². The van der Waals surface area contributed by atoms with Gasteiger partial charge in [0.05, 0.1) is 11.1 Å². The summed E-state index contributed by atoms with van der Waals surface area (Å²) in [6.07, 6.45) is 0. The lowest BCUT2D eigenvalue weighted by molar-refractivity contribution is 0.381. The van der Waals surface area contributed by atoms with Crippen LogP contribution in [0.2, 0.25) is 0 Å². The van der Waals surface area contributed by atoms with Crippen LogP contribution in [0.25, 0.3) is 21.7 Å². The molecular formula is C17H14N4O5S2. The van der Waals surface area contributed by atoms with E-state index in [1.165, 1.54) is 11.3 Å². The maximum atomic E-state index is 8.74. The summed E-state index contributed by atoms with van der Waals surface area (Å²) in [6.45, 7) is 0. The van der Waals surface area contributed by atoms with Crippen LogP contribution >= 0.6 is 11.3 Å². The van der Waals surface area contributed by atoms with Crippen LogP contribution in [0, 0.1) is 5.41 Å². The third kappa shape index (κ3) is 4.78. The van der Waals surface area contributed by atoms with Gasteiger partial charge in [-0.3, -0.25) is 14.5 Å². The van der Waals surface area contributed by atoms with E-state index < -0.39 is 10.4 Å². The number of nitrogens with two attached hydrogens (primary N) is 1. The lowest BCUT2D eigenvalue weighted by Crippen LogP contribution is -1.98. The lowest BCUT2D eigenvalue weighted by atomic mass is 10.1. The zero-order chi connectivity index (χ0) is 20.3. The lowest BCUT2D eigenvalue weighted by Gasteiger charge is -1.99. The van der Waals surface area contributed by atoms with Gasteiger partial charge >= 0.3 is 10.4 Å². The molecule has 5 N–H and O–H groups in total. The predicted octanol–water partition coefficient (Wildman–Crippen LogP) is 4.47. The first kappa shape index (κ1) is 19.6. The van der Waals surface area contributed by atoms with E-state index in [4.69, 9.17) is 33.1 Å². The molecule has 28 heavy (non-hydrogen) atoms. The van der Waals surface area contributed by atoms with E-state index in [2.05, 4.69) is 10.2 Å². The standard InChI is InChI=1S/C17H12N4OS.H2O4S/c18-10-5-7-11(8-6-10)20-21-17-15-13(9-23-17)12-3-1-2-4-14(12)22-16(15)19;1-5(2,3)4/h1-9,19H,18H2;(H2,1,2,3,4). The van der Waals surface area contributed by atoms with Crippen LogP contribution in [0.15, 0.2) is 68.6 Å². The van der Waals surface area contributed by atoms with E-state index in [9.17, 15) is 0 Å². The highest BCUT2D eigenvalue weighted by Crippen LogP contribution is 2.36. The highest BCUT2D eigenvalue weighted by molar-refractivity contribution is 7.79. The molecule has 2 heterocycles. The Bertz CT molecular complexity index is 1320. The molecule has 0 aliphatic rings. The van der Waals surface area contributed by atoms with Gasteiger partial charge in [0.25, 0.3) is 0 Å². The van der Waals surface area contributed by atoms with E-state index in [1.807, 2.05) is 29.6 Å². The molecule has 144 valence electrons. The normalized spacial score (nSPS) is 11.6. The third-order valence-corrected chi connectivity index (χ3v) is 4.40. The average Bonchev–Trinajstić information content (AvgIpc) is 3.05. The fourth-order valence-corrected chi connectivity index (χ4v) is 3.30. The van der Waals surface area contributed by atoms with Gasteiger partial charge in [0.1, 0.15) is 5.58 Å². The van der Waals surface area contributed by atoms with Crippen LogP contribution in [0.4, 0.5) is 16.4 Å². The van der Waals surface area contributed by atoms with E-state index in [1.54, 1.807) is 24.3 Å². The quantitative estimate of drug-likeness (QED) is 0.213. The van der Waals surface area contributed by atoms with Crippen LogP contribution in [-0.4, -0.2) is 17.5 Å². The molecule has 2 aromatic carbocycles. The van der Waals surface area contributed by atoms with Crippen molar-refractivity contribution in [1.82, 2.24) is 0 Å². The molecule has 0 spiro atoms. The molecule has 0 unspecified atom stereocenters. The van der Waals surface area contributed by atoms with Crippen molar-refractivity contribution in [2.75, 3.05) is 5.73 Å². The van der Waals surface area contributed by atoms with Crippen molar-refractivity contribution < 1.29 is 21.9 Å². The zero-order valence-corrected chi connectivity index (χ0v) is 15.7. The van der Waals surface area contributed by atoms with Gasteiger partial charge in [-0.25, -0.2) is 0 Å². The second-order valence-corrected chi connectivity index (χ2v) is 7.25. The Morgan fingerprint density at radius 1 is 1.00 bits per heavy atom. The smallest absolute Gasteiger partial charge is 0.394 e. The molecule has 0 bridgehead atoms. The van der Waals surface area contributed by atoms with Crippen LogP contribution in [0.1, 0.15) is 0 Å². The number of rotatable bonds is 2. The molecule has 9 nitrogen and oxygen atoms in total. The Morgan fingerprint density at radius 3 is 2.32 bits per heavy atom. The number of thiophene rings is 1. The van der Waals surface area contributed by atoms with Gasteiger partial charge in [0, 0.05) is 21.8 Å². The van der Waals surface area contributed by atoms with Gasteiger partial charge in [-0.2, -0.15) is 8.42 Å². The number of hydrogen-bond acceptors (Lipinski definition) is 8. The number of hydrogen-bond donors (Lipinski definition) is 4. The van der Waals surface area contributed by atoms with Crippen LogP contribution < -0.4 is 11.3 Å². The number of azo groups is 1. The van der Waals surface area contributed by atoms with Crippen molar-refractivity contribution in [2.24, 2.45) is 10.2 Å². The van der Waals surface area contributed by atoms with Crippen molar-refractivity contribution in [3.63, 3.8) is 0 Å². The molecule has 0 aliphatic carbocycles. The minimum Gasteiger partial charge on any atom is -0.438 e. The van der Waals surface area contributed by atoms with Gasteiger partial charge in [0.2, 0.25) is 5.55 Å². The van der Waals surface area contributed by atoms with Crippen LogP contribution in [0.5, 0.6) is 0 Å². The van der Waals surface area contributed by atoms with Crippen molar-refractivity contribution in [3.05, 3.63) is 59.5 Å². The number of para-hydroxylation sites is 1. The second kappa shape index (κ2) is 7.86. The maximum Gasteiger partial charge on any atom is 0.394 e. The molecule has 2 aromatic heterocycles. The molecule has 0 saturated heterocycles. The largest absolute Gasteiger partial charge is 0.438 e. The molecule has 0 fully saturated rings. The van der Waals surface area contributed by atoms with Crippen molar-refractivity contribution in [1.29, 1.82) is 5.41 Å². The number of benzene rings is 2. The molecular weight excluding hydrogens is 404 g/mol. The highest BCUT2D eigenvalue weighted by Gasteiger charge is 2.11. The molecule has 0 saturated carbocycles. The fraction of sp³-hybridized carbons (Fsp3) is 0. The van der Waals surface area contributed by atoms with Crippen molar-refractivity contribution in [3.8, 4) is 0 Å². The number of nitrogens with one attached hydrogen (secondary N) is 1. The Kier molecular flexibility index (Phi) is 5.51. The summed E-state index contributed by atoms with van der Waals surface area (Å²) in [5, 5.41) is 21.9. The topological polar surface area (TPSA) is 162 Å². The Labute approximate surface area is 162 Å². The zero-order valence-electron chi connectivity index (χ0n) is 14.1. The summed E-state index contributed by atoms with van der Waals surface area (Å²) in [5.74, 6) is 0. The van der Waals surface area contributed by atoms with Gasteiger partial charge in [0.15, 0.2) is 5.00 Å². The van der Waals surface area contributed by atoms with E-state index >= 15 is 0 Å². The molecule has 4 rings (SSSR count). The first-order valence-electron chi connectivity index (χ1n) is 7.67. The molecule has 0 radical (unpaired) electrons. The SMILES string of the molecule is N=c1oc2ccccc2c2csc(N=Nc3ccc(N)cc3)c12.O=S(=O)(O)O. The number of nitrogen functional groups attached to an aromatic ring is 1. The van der Waals surface area contributed by atoms with E-state index in [0.717, 1.165) is 10.8 Å². The van der Waals surface area contributed by atoms with E-state index in [0.29, 0.717) is 27.3 Å². The third-order valence-electron chi connectivity index (χ3n) is 3.54. The summed E-state index contributed by atoms with van der Waals surface area (Å²) in [4.78, 5) is 0. The van der Waals surface area contributed by atoms with Crippen LogP contribution in [0.3, 0.4) is 0 Å². The van der Waals surface area contributed by atoms with Gasteiger partial charge in [-0.15, -0.1) is 21.6 Å². The van der Waals surface area contributed by atoms with E-state index in [-0.39, 0.29) is 5.55 Å². The average molecular weight is 418 g/mol. The predicted molar refractivity (Wildman–Crippen MR) is 107 cm³/mol. The number of anilines is 1. The summed E-state index contributed by atoms with van der Waals surface area (Å²) >= 11 is 1.45. The Hall–Kier alpha value is -3.12. The molecule has 4 aromatic rings. The second-order valence-electron chi connectivity index (χ2n) is 5.50. The van der Waals surface area contributed by atoms with Gasteiger partial charge in [-0.1, -0.05) is 18.2 Å². The first-order chi connectivity index (χ1) is 13.2. The number of fused-ring (bicyclic) bond motifs is 3. The maximum absolute atomic E-state index is 8.74. The first-order valence-corrected chi connectivity index (χ1v) is 9.95. The summed E-state index contributed by atoms with van der Waals surface area (Å²) < 4.78 is 37.2. The minimum absolute atomic E-state index is 0.103. The minimum atomic E-state index is -4.67. The summed E-state index contributed by atoms with van der Waals surface area (Å²) in [7, 11) is -4.67. The Balaban J connectivity index is 0.000000403. The number of nitrogens with zero attached hydrogens (tertiary/aromatic N) is 2. The molecule has 11 heteroatoms. The summed E-state index contributed by atoms with van der Waals surface area (Å²) in [5.41, 5.74) is 7.86. The van der Waals surface area contributed by atoms with Crippen molar-refractivity contribution >= 4 is 59.9 Å². The molecule has 0 aliphatic heterocycles.